The van der Waals surface area contributed by atoms with Gasteiger partial charge in [0.05, 0.1) is 26.0 Å². The third-order valence-corrected chi connectivity index (χ3v) is 7.34. The molecule has 1 aliphatic heterocycles. The van der Waals surface area contributed by atoms with E-state index in [2.05, 4.69) is 77.6 Å². The number of aryl methyl sites for hydroxylation is 2. The average molecular weight is 497 g/mol. The van der Waals surface area contributed by atoms with Crippen LogP contribution in [0.15, 0.2) is 72.8 Å². The van der Waals surface area contributed by atoms with Crippen LogP contribution >= 0.6 is 0 Å². The van der Waals surface area contributed by atoms with Crippen molar-refractivity contribution < 1.29 is 9.47 Å². The molecule has 0 amide bonds. The fourth-order valence-electron chi connectivity index (χ4n) is 5.47. The predicted octanol–water partition coefficient (Wildman–Crippen LogP) is 5.49. The van der Waals surface area contributed by atoms with Crippen LogP contribution in [0.2, 0.25) is 0 Å². The normalized spacial score (nSPS) is 15.1. The van der Waals surface area contributed by atoms with Crippen LogP contribution in [0.1, 0.15) is 40.0 Å². The molecule has 1 atom stereocenters. The quantitative estimate of drug-likeness (QED) is 0.338. The summed E-state index contributed by atoms with van der Waals surface area (Å²) in [6.07, 6.45) is 0. The molecule has 1 unspecified atom stereocenters. The summed E-state index contributed by atoms with van der Waals surface area (Å²) in [7, 11) is 3.49. The van der Waals surface area contributed by atoms with Gasteiger partial charge in [0.2, 0.25) is 0 Å². The second kappa shape index (κ2) is 11.2. The van der Waals surface area contributed by atoms with Crippen LogP contribution < -0.4 is 14.8 Å². The van der Waals surface area contributed by atoms with E-state index in [-0.39, 0.29) is 12.0 Å². The Bertz CT molecular complexity index is 1280. The number of rotatable bonds is 8. The minimum Gasteiger partial charge on any atom is -0.496 e. The highest BCUT2D eigenvalue weighted by Crippen LogP contribution is 2.47. The molecule has 1 saturated heterocycles. The lowest BCUT2D eigenvalue weighted by Crippen LogP contribution is -2.47. The summed E-state index contributed by atoms with van der Waals surface area (Å²) in [6, 6.07) is 25.2. The van der Waals surface area contributed by atoms with Crippen LogP contribution in [-0.4, -0.2) is 55.3 Å². The first-order valence-electron chi connectivity index (χ1n) is 12.9. The summed E-state index contributed by atoms with van der Waals surface area (Å²) >= 11 is 0. The summed E-state index contributed by atoms with van der Waals surface area (Å²) < 4.78 is 11.8. The molecular weight excluding hydrogens is 460 g/mol. The summed E-state index contributed by atoms with van der Waals surface area (Å²) in [6.45, 7) is 7.98. The number of aromatic amines is 1. The van der Waals surface area contributed by atoms with E-state index in [1.807, 2.05) is 24.3 Å². The minimum absolute atomic E-state index is 0.0230. The number of H-pyrrole nitrogens is 1. The third kappa shape index (κ3) is 5.13. The first kappa shape index (κ1) is 25.1. The van der Waals surface area contributed by atoms with Crippen LogP contribution in [0, 0.1) is 13.8 Å². The molecule has 2 heterocycles. The van der Waals surface area contributed by atoms with Gasteiger partial charge < -0.3 is 19.8 Å². The third-order valence-electron chi connectivity index (χ3n) is 7.34. The van der Waals surface area contributed by atoms with Crippen molar-refractivity contribution in [3.8, 4) is 22.9 Å². The van der Waals surface area contributed by atoms with E-state index in [4.69, 9.17) is 14.5 Å². The number of methoxy groups -OCH3 is 2. The van der Waals surface area contributed by atoms with Crippen LogP contribution in [0.5, 0.6) is 11.5 Å². The largest absolute Gasteiger partial charge is 0.496 e. The zero-order valence-electron chi connectivity index (χ0n) is 22.1. The van der Waals surface area contributed by atoms with Gasteiger partial charge in [-0.15, -0.1) is 0 Å². The lowest BCUT2D eigenvalue weighted by atomic mass is 9.81. The van der Waals surface area contributed by atoms with E-state index in [1.165, 1.54) is 5.56 Å². The van der Waals surface area contributed by atoms with Crippen molar-refractivity contribution in [2.45, 2.75) is 25.8 Å². The molecule has 37 heavy (non-hydrogen) atoms. The van der Waals surface area contributed by atoms with Crippen molar-refractivity contribution in [3.63, 3.8) is 0 Å². The number of nitrogens with one attached hydrogen (secondary N) is 2. The van der Waals surface area contributed by atoms with E-state index in [0.717, 1.165) is 71.6 Å². The first-order valence-corrected chi connectivity index (χ1v) is 12.9. The molecule has 1 aromatic heterocycles. The minimum atomic E-state index is -0.0572. The van der Waals surface area contributed by atoms with Gasteiger partial charge in [0.25, 0.3) is 0 Å². The number of hydrogen-bond donors (Lipinski definition) is 2. The second-order valence-corrected chi connectivity index (χ2v) is 9.65. The predicted molar refractivity (Wildman–Crippen MR) is 149 cm³/mol. The Balaban J connectivity index is 1.72. The van der Waals surface area contributed by atoms with Crippen molar-refractivity contribution in [2.75, 3.05) is 40.4 Å². The summed E-state index contributed by atoms with van der Waals surface area (Å²) in [5.41, 5.74) is 6.70. The Morgan fingerprint density at radius 2 is 1.35 bits per heavy atom. The second-order valence-electron chi connectivity index (χ2n) is 9.65. The summed E-state index contributed by atoms with van der Waals surface area (Å²) in [5, 5.41) is 3.52. The molecule has 4 aromatic rings. The number of hydrogen-bond acceptors (Lipinski definition) is 5. The van der Waals surface area contributed by atoms with Crippen LogP contribution in [0.25, 0.3) is 11.4 Å². The van der Waals surface area contributed by atoms with Gasteiger partial charge in [0.1, 0.15) is 17.3 Å². The van der Waals surface area contributed by atoms with Gasteiger partial charge >= 0.3 is 0 Å². The van der Waals surface area contributed by atoms with Crippen molar-refractivity contribution in [1.29, 1.82) is 0 Å². The molecule has 6 nitrogen and oxygen atoms in total. The van der Waals surface area contributed by atoms with Crippen LogP contribution in [0.4, 0.5) is 0 Å². The molecule has 0 radical (unpaired) electrons. The highest BCUT2D eigenvalue weighted by Gasteiger charge is 2.38. The molecule has 5 rings (SSSR count). The molecule has 0 bridgehead atoms. The van der Waals surface area contributed by atoms with Gasteiger partial charge in [-0.05, 0) is 26.0 Å². The Morgan fingerprint density at radius 3 is 1.92 bits per heavy atom. The van der Waals surface area contributed by atoms with Crippen LogP contribution in [0.3, 0.4) is 0 Å². The fraction of sp³-hybridized carbons (Fsp3) is 0.323. The van der Waals surface area contributed by atoms with Crippen molar-refractivity contribution in [2.24, 2.45) is 0 Å². The topological polar surface area (TPSA) is 62.4 Å². The van der Waals surface area contributed by atoms with E-state index >= 15 is 0 Å². The SMILES string of the molecule is COc1ccccc1C(c1ccccc1OC)C(c1nc(-c2ccc(C)cc2)[nH]c1C)N1CCNCC1. The van der Waals surface area contributed by atoms with Crippen LogP contribution in [-0.2, 0) is 0 Å². The molecule has 0 spiro atoms. The lowest BCUT2D eigenvalue weighted by molar-refractivity contribution is 0.154. The van der Waals surface area contributed by atoms with Crippen molar-refractivity contribution in [3.05, 3.63) is 101 Å². The number of piperazine rings is 1. The van der Waals surface area contributed by atoms with E-state index in [1.54, 1.807) is 14.2 Å². The molecule has 1 aliphatic rings. The maximum absolute atomic E-state index is 5.91. The highest BCUT2D eigenvalue weighted by molar-refractivity contribution is 5.57. The Morgan fingerprint density at radius 1 is 0.784 bits per heavy atom. The maximum atomic E-state index is 5.91. The van der Waals surface area contributed by atoms with Crippen molar-refractivity contribution in [1.82, 2.24) is 20.2 Å². The Labute approximate surface area is 219 Å². The smallest absolute Gasteiger partial charge is 0.137 e. The first-order chi connectivity index (χ1) is 18.1. The molecule has 6 heteroatoms. The molecule has 0 saturated carbocycles. The summed E-state index contributed by atoms with van der Waals surface area (Å²) in [4.78, 5) is 11.4. The van der Waals surface area contributed by atoms with Gasteiger partial charge in [-0.25, -0.2) is 4.98 Å². The molecule has 3 aromatic carbocycles. The van der Waals surface area contributed by atoms with Gasteiger partial charge in [0, 0.05) is 54.5 Å². The number of ether oxygens (including phenoxy) is 2. The average Bonchev–Trinajstić information content (AvgIpc) is 3.33. The summed E-state index contributed by atoms with van der Waals surface area (Å²) in [5.74, 6) is 2.57. The lowest BCUT2D eigenvalue weighted by Gasteiger charge is -2.40. The van der Waals surface area contributed by atoms with Gasteiger partial charge in [-0.2, -0.15) is 0 Å². The maximum Gasteiger partial charge on any atom is 0.137 e. The van der Waals surface area contributed by atoms with Gasteiger partial charge in [0.15, 0.2) is 0 Å². The van der Waals surface area contributed by atoms with E-state index in [0.29, 0.717) is 0 Å². The van der Waals surface area contributed by atoms with Gasteiger partial charge in [-0.1, -0.05) is 66.2 Å². The number of imidazole rings is 1. The molecule has 192 valence electrons. The zero-order valence-corrected chi connectivity index (χ0v) is 22.1. The standard InChI is InChI=1S/C31H36N4O2/c1-21-13-15-23(16-14-21)31-33-22(2)29(34-31)30(35-19-17-32-18-20-35)28(24-9-5-7-11-26(24)36-3)25-10-6-8-12-27(25)37-4/h5-16,28,30,32H,17-20H2,1-4H3,(H,33,34). The Hall–Kier alpha value is -3.61. The fourth-order valence-corrected chi connectivity index (χ4v) is 5.47. The zero-order chi connectivity index (χ0) is 25.8. The van der Waals surface area contributed by atoms with Crippen molar-refractivity contribution >= 4 is 0 Å². The Kier molecular flexibility index (Phi) is 7.58. The van der Waals surface area contributed by atoms with E-state index < -0.39 is 0 Å². The molecule has 2 N–H and O–H groups in total. The molecule has 0 aliphatic carbocycles. The number of aromatic nitrogens is 2. The highest BCUT2D eigenvalue weighted by atomic mass is 16.5. The van der Waals surface area contributed by atoms with E-state index in [9.17, 15) is 0 Å². The molecular formula is C31H36N4O2. The monoisotopic (exact) mass is 496 g/mol. The number of benzene rings is 3. The van der Waals surface area contributed by atoms with Gasteiger partial charge in [-0.3, -0.25) is 4.90 Å². The molecule has 1 fully saturated rings. The number of nitrogens with zero attached hydrogens (tertiary/aromatic N) is 2. The number of para-hydroxylation sites is 2.